The SMILES string of the molecule is O=C(COc1ccc2c(c1)CCCC2)N[C@@H]1C[C@H]2CC[C@@H]1C2. The first-order chi connectivity index (χ1) is 10.8. The van der Waals surface area contributed by atoms with Gasteiger partial charge < -0.3 is 10.1 Å². The monoisotopic (exact) mass is 299 g/mol. The fourth-order valence-corrected chi connectivity index (χ4v) is 4.62. The van der Waals surface area contributed by atoms with E-state index < -0.39 is 0 Å². The molecular formula is C19H25NO2. The number of aryl methyl sites for hydroxylation is 2. The average Bonchev–Trinajstić information content (AvgIpc) is 3.15. The Morgan fingerprint density at radius 3 is 2.77 bits per heavy atom. The second-order valence-corrected chi connectivity index (χ2v) is 7.28. The van der Waals surface area contributed by atoms with Gasteiger partial charge in [-0.3, -0.25) is 4.79 Å². The van der Waals surface area contributed by atoms with Crippen LogP contribution in [0.2, 0.25) is 0 Å². The second kappa shape index (κ2) is 5.94. The van der Waals surface area contributed by atoms with Gasteiger partial charge in [-0.25, -0.2) is 0 Å². The van der Waals surface area contributed by atoms with Crippen LogP contribution in [0.1, 0.15) is 49.7 Å². The smallest absolute Gasteiger partial charge is 0.258 e. The highest BCUT2D eigenvalue weighted by Gasteiger charge is 2.40. The van der Waals surface area contributed by atoms with E-state index in [1.807, 2.05) is 6.07 Å². The lowest BCUT2D eigenvalue weighted by Crippen LogP contribution is -2.40. The number of hydrogen-bond donors (Lipinski definition) is 1. The molecule has 1 N–H and O–H groups in total. The van der Waals surface area contributed by atoms with E-state index in [-0.39, 0.29) is 12.5 Å². The van der Waals surface area contributed by atoms with Crippen LogP contribution in [0.25, 0.3) is 0 Å². The lowest BCUT2D eigenvalue weighted by atomic mass is 9.92. The Hall–Kier alpha value is -1.51. The molecule has 2 fully saturated rings. The number of fused-ring (bicyclic) bond motifs is 3. The number of carbonyl (C=O) groups excluding carboxylic acids is 1. The third-order valence-corrected chi connectivity index (χ3v) is 5.77. The van der Waals surface area contributed by atoms with E-state index in [0.29, 0.717) is 6.04 Å². The van der Waals surface area contributed by atoms with Crippen LogP contribution in [0.4, 0.5) is 0 Å². The summed E-state index contributed by atoms with van der Waals surface area (Å²) in [5, 5.41) is 3.18. The molecule has 3 aliphatic rings. The molecule has 2 saturated carbocycles. The molecule has 0 unspecified atom stereocenters. The number of benzene rings is 1. The zero-order chi connectivity index (χ0) is 14.9. The van der Waals surface area contributed by atoms with Crippen LogP contribution >= 0.6 is 0 Å². The molecule has 3 atom stereocenters. The maximum absolute atomic E-state index is 12.1. The summed E-state index contributed by atoms with van der Waals surface area (Å²) in [6.07, 6.45) is 10.0. The highest BCUT2D eigenvalue weighted by atomic mass is 16.5. The molecule has 3 nitrogen and oxygen atoms in total. The van der Waals surface area contributed by atoms with Crippen molar-refractivity contribution in [2.24, 2.45) is 11.8 Å². The van der Waals surface area contributed by atoms with E-state index >= 15 is 0 Å². The Morgan fingerprint density at radius 2 is 2.00 bits per heavy atom. The van der Waals surface area contributed by atoms with Crippen LogP contribution in [0.15, 0.2) is 18.2 Å². The normalized spacial score (nSPS) is 29.2. The molecule has 0 heterocycles. The van der Waals surface area contributed by atoms with E-state index in [1.165, 1.54) is 56.1 Å². The largest absolute Gasteiger partial charge is 0.484 e. The number of carbonyl (C=O) groups is 1. The topological polar surface area (TPSA) is 38.3 Å². The molecule has 4 rings (SSSR count). The summed E-state index contributed by atoms with van der Waals surface area (Å²) in [4.78, 5) is 12.1. The number of amides is 1. The summed E-state index contributed by atoms with van der Waals surface area (Å²) in [6.45, 7) is 0.146. The predicted molar refractivity (Wildman–Crippen MR) is 86.0 cm³/mol. The molecule has 118 valence electrons. The molecule has 2 bridgehead atoms. The molecule has 22 heavy (non-hydrogen) atoms. The van der Waals surface area contributed by atoms with Crippen molar-refractivity contribution in [1.29, 1.82) is 0 Å². The minimum Gasteiger partial charge on any atom is -0.484 e. The average molecular weight is 299 g/mol. The van der Waals surface area contributed by atoms with Gasteiger partial charge in [0.25, 0.3) is 5.91 Å². The fraction of sp³-hybridized carbons (Fsp3) is 0.632. The van der Waals surface area contributed by atoms with E-state index in [9.17, 15) is 4.79 Å². The van der Waals surface area contributed by atoms with Crippen molar-refractivity contribution < 1.29 is 9.53 Å². The van der Waals surface area contributed by atoms with Gasteiger partial charge in [0.05, 0.1) is 0 Å². The molecule has 1 amide bonds. The summed E-state index contributed by atoms with van der Waals surface area (Å²) >= 11 is 0. The van der Waals surface area contributed by atoms with Gasteiger partial charge in [0.1, 0.15) is 5.75 Å². The summed E-state index contributed by atoms with van der Waals surface area (Å²) < 4.78 is 5.71. The van der Waals surface area contributed by atoms with Crippen molar-refractivity contribution >= 4 is 5.91 Å². The first-order valence-electron chi connectivity index (χ1n) is 8.82. The zero-order valence-electron chi connectivity index (χ0n) is 13.1. The van der Waals surface area contributed by atoms with Gasteiger partial charge in [0.2, 0.25) is 0 Å². The minimum atomic E-state index is 0.0373. The quantitative estimate of drug-likeness (QED) is 0.927. The first-order valence-corrected chi connectivity index (χ1v) is 8.82. The van der Waals surface area contributed by atoms with Crippen LogP contribution in [-0.2, 0) is 17.6 Å². The fourth-order valence-electron chi connectivity index (χ4n) is 4.62. The Bertz CT molecular complexity index is 569. The Balaban J connectivity index is 1.30. The van der Waals surface area contributed by atoms with E-state index in [0.717, 1.165) is 24.0 Å². The molecule has 0 spiro atoms. The van der Waals surface area contributed by atoms with Crippen LogP contribution in [0, 0.1) is 11.8 Å². The molecular weight excluding hydrogens is 274 g/mol. The van der Waals surface area contributed by atoms with Gasteiger partial charge in [-0.05, 0) is 80.0 Å². The molecule has 0 radical (unpaired) electrons. The second-order valence-electron chi connectivity index (χ2n) is 7.28. The van der Waals surface area contributed by atoms with Crippen molar-refractivity contribution in [1.82, 2.24) is 5.32 Å². The number of rotatable bonds is 4. The first kappa shape index (κ1) is 14.1. The number of nitrogens with one attached hydrogen (secondary N) is 1. The van der Waals surface area contributed by atoms with Crippen molar-refractivity contribution in [3.8, 4) is 5.75 Å². The number of ether oxygens (including phenoxy) is 1. The summed E-state index contributed by atoms with van der Waals surface area (Å²) in [6, 6.07) is 6.70. The van der Waals surface area contributed by atoms with Gasteiger partial charge in [-0.2, -0.15) is 0 Å². The lowest BCUT2D eigenvalue weighted by molar-refractivity contribution is -0.124. The highest BCUT2D eigenvalue weighted by molar-refractivity contribution is 5.78. The van der Waals surface area contributed by atoms with Crippen LogP contribution in [-0.4, -0.2) is 18.6 Å². The minimum absolute atomic E-state index is 0.0373. The lowest BCUT2D eigenvalue weighted by Gasteiger charge is -2.23. The molecule has 0 saturated heterocycles. The summed E-state index contributed by atoms with van der Waals surface area (Å²) in [7, 11) is 0. The highest BCUT2D eigenvalue weighted by Crippen LogP contribution is 2.44. The van der Waals surface area contributed by atoms with Gasteiger partial charge in [-0.1, -0.05) is 12.5 Å². The predicted octanol–water partition coefficient (Wildman–Crippen LogP) is 3.25. The molecule has 3 aliphatic carbocycles. The van der Waals surface area contributed by atoms with Crippen molar-refractivity contribution in [2.75, 3.05) is 6.61 Å². The Morgan fingerprint density at radius 1 is 1.14 bits per heavy atom. The van der Waals surface area contributed by atoms with Crippen LogP contribution < -0.4 is 10.1 Å². The van der Waals surface area contributed by atoms with Crippen LogP contribution in [0.3, 0.4) is 0 Å². The van der Waals surface area contributed by atoms with E-state index in [1.54, 1.807) is 0 Å². The van der Waals surface area contributed by atoms with Gasteiger partial charge in [0, 0.05) is 6.04 Å². The van der Waals surface area contributed by atoms with Gasteiger partial charge in [0.15, 0.2) is 6.61 Å². The molecule has 1 aromatic carbocycles. The summed E-state index contributed by atoms with van der Waals surface area (Å²) in [5.74, 6) is 2.45. The molecule has 0 aromatic heterocycles. The Kier molecular flexibility index (Phi) is 3.81. The molecule has 1 aromatic rings. The zero-order valence-corrected chi connectivity index (χ0v) is 13.1. The van der Waals surface area contributed by atoms with E-state index in [2.05, 4.69) is 17.4 Å². The van der Waals surface area contributed by atoms with Gasteiger partial charge in [-0.15, -0.1) is 0 Å². The maximum Gasteiger partial charge on any atom is 0.258 e. The summed E-state index contributed by atoms with van der Waals surface area (Å²) in [5.41, 5.74) is 2.85. The number of hydrogen-bond acceptors (Lipinski definition) is 2. The Labute approximate surface area is 132 Å². The third kappa shape index (κ3) is 2.86. The van der Waals surface area contributed by atoms with Crippen LogP contribution in [0.5, 0.6) is 5.75 Å². The van der Waals surface area contributed by atoms with Crippen molar-refractivity contribution in [2.45, 2.75) is 57.4 Å². The molecule has 0 aliphatic heterocycles. The maximum atomic E-state index is 12.1. The third-order valence-electron chi connectivity index (χ3n) is 5.77. The standard InChI is InChI=1S/C19H25NO2/c21-19(20-18-10-13-5-6-16(18)9-13)12-22-17-8-7-14-3-1-2-4-15(14)11-17/h7-8,11,13,16,18H,1-6,9-10,12H2,(H,20,21)/t13-,16+,18+/m0/s1. The van der Waals surface area contributed by atoms with Gasteiger partial charge >= 0.3 is 0 Å². The van der Waals surface area contributed by atoms with Crippen molar-refractivity contribution in [3.05, 3.63) is 29.3 Å². The van der Waals surface area contributed by atoms with E-state index in [4.69, 9.17) is 4.74 Å². The molecule has 3 heteroatoms. The van der Waals surface area contributed by atoms with Crippen molar-refractivity contribution in [3.63, 3.8) is 0 Å².